The van der Waals surface area contributed by atoms with Crippen LogP contribution in [0.4, 0.5) is 17.1 Å². The fourth-order valence-electron chi connectivity index (χ4n) is 4.67. The first kappa shape index (κ1) is 24.3. The quantitative estimate of drug-likeness (QED) is 0.275. The van der Waals surface area contributed by atoms with E-state index in [1.807, 2.05) is 72.8 Å². The standard InChI is InChI=1S/C29H26ClN3O2S/c1-3-19-11-5-8-14-22(19)31-29-33(23-15-9-6-12-20(23)4-2)28(35)26(36-29)25-21-13-7-10-16-24(21)32(18-17-30)27(25)34/h5-16H,3-4,17-18H2,1-2H3/b26-25-,31-29?. The Morgan fingerprint density at radius 3 is 2.17 bits per heavy atom. The monoisotopic (exact) mass is 515 g/mol. The van der Waals surface area contributed by atoms with E-state index in [2.05, 4.69) is 13.8 Å². The summed E-state index contributed by atoms with van der Waals surface area (Å²) in [6, 6.07) is 23.4. The third-order valence-corrected chi connectivity index (χ3v) is 7.65. The van der Waals surface area contributed by atoms with Gasteiger partial charge in [0, 0.05) is 18.0 Å². The number of benzene rings is 3. The number of aliphatic imine (C=N–C) groups is 1. The Balaban J connectivity index is 1.72. The Morgan fingerprint density at radius 1 is 0.806 bits per heavy atom. The zero-order chi connectivity index (χ0) is 25.2. The normalized spacial score (nSPS) is 18.5. The summed E-state index contributed by atoms with van der Waals surface area (Å²) < 4.78 is 0. The van der Waals surface area contributed by atoms with Crippen molar-refractivity contribution >= 4 is 63.0 Å². The molecule has 0 spiro atoms. The van der Waals surface area contributed by atoms with Crippen molar-refractivity contribution in [2.75, 3.05) is 22.2 Å². The van der Waals surface area contributed by atoms with Crippen LogP contribution in [-0.2, 0) is 22.4 Å². The molecule has 0 saturated carbocycles. The number of para-hydroxylation sites is 3. The van der Waals surface area contributed by atoms with E-state index in [-0.39, 0.29) is 11.8 Å². The molecule has 2 heterocycles. The molecular formula is C29H26ClN3O2S. The average molecular weight is 516 g/mol. The smallest absolute Gasteiger partial charge is 0.272 e. The maximum atomic E-state index is 14.1. The summed E-state index contributed by atoms with van der Waals surface area (Å²) in [6.07, 6.45) is 1.59. The lowest BCUT2D eigenvalue weighted by Gasteiger charge is -2.19. The lowest BCUT2D eigenvalue weighted by molar-refractivity contribution is -0.115. The van der Waals surface area contributed by atoms with Gasteiger partial charge in [0.15, 0.2) is 5.17 Å². The molecule has 0 aromatic heterocycles. The molecule has 1 saturated heterocycles. The summed E-state index contributed by atoms with van der Waals surface area (Å²) in [5, 5.41) is 0.547. The molecule has 182 valence electrons. The van der Waals surface area contributed by atoms with Crippen molar-refractivity contribution in [3.8, 4) is 0 Å². The van der Waals surface area contributed by atoms with Crippen LogP contribution in [-0.4, -0.2) is 29.4 Å². The van der Waals surface area contributed by atoms with E-state index in [9.17, 15) is 9.59 Å². The third kappa shape index (κ3) is 4.14. The number of fused-ring (bicyclic) bond motifs is 1. The van der Waals surface area contributed by atoms with E-state index in [1.54, 1.807) is 9.80 Å². The lowest BCUT2D eigenvalue weighted by atomic mass is 10.1. The van der Waals surface area contributed by atoms with Gasteiger partial charge < -0.3 is 4.90 Å². The van der Waals surface area contributed by atoms with Gasteiger partial charge in [0.05, 0.1) is 27.5 Å². The maximum Gasteiger partial charge on any atom is 0.272 e. The predicted octanol–water partition coefficient (Wildman–Crippen LogP) is 6.58. The molecule has 0 aliphatic carbocycles. The van der Waals surface area contributed by atoms with Crippen LogP contribution in [0.1, 0.15) is 30.5 Å². The van der Waals surface area contributed by atoms with Gasteiger partial charge in [0.25, 0.3) is 11.8 Å². The molecule has 2 amide bonds. The molecule has 0 radical (unpaired) electrons. The average Bonchev–Trinajstić information content (AvgIpc) is 3.37. The van der Waals surface area contributed by atoms with Gasteiger partial charge in [0.2, 0.25) is 0 Å². The highest BCUT2D eigenvalue weighted by molar-refractivity contribution is 8.19. The Kier molecular flexibility index (Phi) is 6.99. The van der Waals surface area contributed by atoms with Crippen LogP contribution in [0.2, 0.25) is 0 Å². The van der Waals surface area contributed by atoms with Crippen LogP contribution in [0.5, 0.6) is 0 Å². The van der Waals surface area contributed by atoms with E-state index in [0.29, 0.717) is 28.1 Å². The number of rotatable bonds is 6. The first-order chi connectivity index (χ1) is 17.6. The van der Waals surface area contributed by atoms with Gasteiger partial charge in [-0.05, 0) is 53.9 Å². The number of thioether (sulfide) groups is 1. The number of halogens is 1. The molecule has 0 unspecified atom stereocenters. The Labute approximate surface area is 220 Å². The number of hydrogen-bond acceptors (Lipinski definition) is 4. The minimum absolute atomic E-state index is 0.202. The van der Waals surface area contributed by atoms with E-state index in [1.165, 1.54) is 11.8 Å². The zero-order valence-electron chi connectivity index (χ0n) is 20.2. The van der Waals surface area contributed by atoms with Crippen LogP contribution in [0.15, 0.2) is 82.7 Å². The van der Waals surface area contributed by atoms with Gasteiger partial charge in [-0.3, -0.25) is 14.5 Å². The third-order valence-electron chi connectivity index (χ3n) is 6.44. The fraction of sp³-hybridized carbons (Fsp3) is 0.207. The van der Waals surface area contributed by atoms with Gasteiger partial charge in [-0.1, -0.05) is 68.4 Å². The Hall–Kier alpha value is -3.35. The fourth-order valence-corrected chi connectivity index (χ4v) is 5.91. The number of carbonyl (C=O) groups is 2. The summed E-state index contributed by atoms with van der Waals surface area (Å²) in [5.74, 6) is -0.133. The first-order valence-electron chi connectivity index (χ1n) is 12.1. The van der Waals surface area contributed by atoms with Crippen LogP contribution >= 0.6 is 23.4 Å². The molecule has 36 heavy (non-hydrogen) atoms. The molecule has 2 aliphatic rings. The van der Waals surface area contributed by atoms with Gasteiger partial charge in [-0.15, -0.1) is 11.6 Å². The van der Waals surface area contributed by atoms with Crippen LogP contribution in [0.25, 0.3) is 5.57 Å². The van der Waals surface area contributed by atoms with E-state index in [4.69, 9.17) is 16.6 Å². The van der Waals surface area contributed by atoms with E-state index in [0.717, 1.165) is 46.6 Å². The van der Waals surface area contributed by atoms with Crippen molar-refractivity contribution in [1.29, 1.82) is 0 Å². The highest BCUT2D eigenvalue weighted by atomic mass is 35.5. The minimum Gasteiger partial charge on any atom is -0.306 e. The van der Waals surface area contributed by atoms with Crippen LogP contribution in [0, 0.1) is 0 Å². The number of aryl methyl sites for hydroxylation is 2. The second kappa shape index (κ2) is 10.3. The predicted molar refractivity (Wildman–Crippen MR) is 150 cm³/mol. The number of amidine groups is 1. The molecular weight excluding hydrogens is 490 g/mol. The van der Waals surface area contributed by atoms with E-state index >= 15 is 0 Å². The van der Waals surface area contributed by atoms with Crippen molar-refractivity contribution in [3.05, 3.63) is 94.4 Å². The Morgan fingerprint density at radius 2 is 1.44 bits per heavy atom. The van der Waals surface area contributed by atoms with Crippen molar-refractivity contribution in [1.82, 2.24) is 0 Å². The largest absolute Gasteiger partial charge is 0.306 e. The number of anilines is 2. The highest BCUT2D eigenvalue weighted by Crippen LogP contribution is 2.46. The zero-order valence-corrected chi connectivity index (χ0v) is 21.8. The number of amides is 2. The van der Waals surface area contributed by atoms with Gasteiger partial charge in [0.1, 0.15) is 0 Å². The van der Waals surface area contributed by atoms with E-state index < -0.39 is 0 Å². The summed E-state index contributed by atoms with van der Waals surface area (Å²) >= 11 is 7.28. The molecule has 0 N–H and O–H groups in total. The summed E-state index contributed by atoms with van der Waals surface area (Å²) in [7, 11) is 0. The molecule has 3 aromatic rings. The summed E-state index contributed by atoms with van der Waals surface area (Å²) in [4.78, 5) is 36.4. The van der Waals surface area contributed by atoms with Crippen LogP contribution < -0.4 is 9.80 Å². The molecule has 0 bridgehead atoms. The number of carbonyl (C=O) groups excluding carboxylic acids is 2. The van der Waals surface area contributed by atoms with Crippen molar-refractivity contribution in [2.45, 2.75) is 26.7 Å². The number of hydrogen-bond donors (Lipinski definition) is 0. The van der Waals surface area contributed by atoms with Gasteiger partial charge in [-0.2, -0.15) is 0 Å². The second-order valence-electron chi connectivity index (χ2n) is 8.47. The van der Waals surface area contributed by atoms with Crippen LogP contribution in [0.3, 0.4) is 0 Å². The molecule has 2 aliphatic heterocycles. The molecule has 5 nitrogen and oxygen atoms in total. The van der Waals surface area contributed by atoms with Gasteiger partial charge in [-0.25, -0.2) is 4.99 Å². The molecule has 7 heteroatoms. The first-order valence-corrected chi connectivity index (χ1v) is 13.4. The SMILES string of the molecule is CCc1ccccc1N=C1S/C(=C2\C(=O)N(CCCl)c3ccccc32)C(=O)N1c1ccccc1CC. The summed E-state index contributed by atoms with van der Waals surface area (Å²) in [5.41, 5.74) is 5.69. The second-order valence-corrected chi connectivity index (χ2v) is 9.82. The summed E-state index contributed by atoms with van der Waals surface area (Å²) in [6.45, 7) is 4.53. The molecule has 3 aromatic carbocycles. The van der Waals surface area contributed by atoms with Crippen molar-refractivity contribution < 1.29 is 9.59 Å². The molecule has 0 atom stereocenters. The minimum atomic E-state index is -0.237. The topological polar surface area (TPSA) is 53.0 Å². The van der Waals surface area contributed by atoms with Crippen molar-refractivity contribution in [3.63, 3.8) is 0 Å². The maximum absolute atomic E-state index is 14.1. The molecule has 1 fully saturated rings. The highest BCUT2D eigenvalue weighted by Gasteiger charge is 2.43. The number of alkyl halides is 1. The van der Waals surface area contributed by atoms with Crippen molar-refractivity contribution in [2.24, 2.45) is 4.99 Å². The molecule has 5 rings (SSSR count). The van der Waals surface area contributed by atoms with Gasteiger partial charge >= 0.3 is 0 Å². The lowest BCUT2D eigenvalue weighted by Crippen LogP contribution is -2.31. The number of nitrogens with zero attached hydrogens (tertiary/aromatic N) is 3. The Bertz CT molecular complexity index is 1410.